The first-order valence-electron chi connectivity index (χ1n) is 7.86. The lowest BCUT2D eigenvalue weighted by Crippen LogP contribution is -2.27. The van der Waals surface area contributed by atoms with Crippen LogP contribution >= 0.6 is 0 Å². The van der Waals surface area contributed by atoms with Gasteiger partial charge >= 0.3 is 6.18 Å². The van der Waals surface area contributed by atoms with Crippen LogP contribution in [0.15, 0.2) is 42.5 Å². The molecule has 0 saturated heterocycles. The molecule has 2 aromatic rings. The number of carbonyl (C=O) groups excluding carboxylic acids is 1. The molecule has 0 aliphatic carbocycles. The number of alkyl halides is 3. The van der Waals surface area contributed by atoms with Gasteiger partial charge in [0.25, 0.3) is 0 Å². The fraction of sp³-hybridized carbons (Fsp3) is 0.316. The minimum atomic E-state index is -4.41. The molecule has 25 heavy (non-hydrogen) atoms. The zero-order valence-electron chi connectivity index (χ0n) is 14.1. The monoisotopic (exact) mass is 351 g/mol. The van der Waals surface area contributed by atoms with Crippen molar-refractivity contribution in [2.75, 3.05) is 13.7 Å². The highest BCUT2D eigenvalue weighted by atomic mass is 19.4. The molecule has 0 aromatic heterocycles. The Kier molecular flexibility index (Phi) is 6.07. The van der Waals surface area contributed by atoms with Gasteiger partial charge in [-0.05, 0) is 36.6 Å². The number of hydrogen-bond acceptors (Lipinski definition) is 2. The van der Waals surface area contributed by atoms with Crippen molar-refractivity contribution in [3.05, 3.63) is 64.7 Å². The van der Waals surface area contributed by atoms with Gasteiger partial charge in [0.15, 0.2) is 0 Å². The zero-order chi connectivity index (χ0) is 18.4. The normalized spacial score (nSPS) is 11.2. The summed E-state index contributed by atoms with van der Waals surface area (Å²) < 4.78 is 43.3. The van der Waals surface area contributed by atoms with Crippen molar-refractivity contribution >= 4 is 5.91 Å². The minimum Gasteiger partial charge on any atom is -0.496 e. The van der Waals surface area contributed by atoms with Gasteiger partial charge in [-0.25, -0.2) is 0 Å². The maximum atomic E-state index is 12.7. The quantitative estimate of drug-likeness (QED) is 0.857. The van der Waals surface area contributed by atoms with Crippen molar-refractivity contribution in [2.24, 2.45) is 0 Å². The van der Waals surface area contributed by atoms with Gasteiger partial charge in [-0.15, -0.1) is 0 Å². The molecule has 3 nitrogen and oxygen atoms in total. The Bertz CT molecular complexity index is 742. The first kappa shape index (κ1) is 18.8. The van der Waals surface area contributed by atoms with Gasteiger partial charge in [0.05, 0.1) is 19.1 Å². The largest absolute Gasteiger partial charge is 0.496 e. The van der Waals surface area contributed by atoms with E-state index >= 15 is 0 Å². The summed E-state index contributed by atoms with van der Waals surface area (Å²) in [5.74, 6) is 0.434. The second-order valence-electron chi connectivity index (χ2n) is 5.79. The van der Waals surface area contributed by atoms with Crippen molar-refractivity contribution in [3.63, 3.8) is 0 Å². The summed E-state index contributed by atoms with van der Waals surface area (Å²) >= 11 is 0. The predicted octanol–water partition coefficient (Wildman–Crippen LogP) is 3.92. The predicted molar refractivity (Wildman–Crippen MR) is 89.6 cm³/mol. The second kappa shape index (κ2) is 8.05. The molecule has 0 heterocycles. The van der Waals surface area contributed by atoms with Crippen LogP contribution in [0.4, 0.5) is 13.2 Å². The van der Waals surface area contributed by atoms with Gasteiger partial charge < -0.3 is 10.1 Å². The summed E-state index contributed by atoms with van der Waals surface area (Å²) in [5.41, 5.74) is 1.65. The molecule has 0 atom stereocenters. The Morgan fingerprint density at radius 2 is 1.92 bits per heavy atom. The molecule has 0 aliphatic rings. The third-order valence-electron chi connectivity index (χ3n) is 3.77. The molecule has 6 heteroatoms. The van der Waals surface area contributed by atoms with Crippen molar-refractivity contribution in [1.82, 2.24) is 5.32 Å². The van der Waals surface area contributed by atoms with Crippen LogP contribution in [0.25, 0.3) is 0 Å². The molecule has 1 N–H and O–H groups in total. The summed E-state index contributed by atoms with van der Waals surface area (Å²) in [6.07, 6.45) is -3.91. The zero-order valence-corrected chi connectivity index (χ0v) is 14.1. The summed E-state index contributed by atoms with van der Waals surface area (Å²) in [7, 11) is 1.58. The molecule has 0 radical (unpaired) electrons. The molecule has 0 aliphatic heterocycles. The molecule has 2 rings (SSSR count). The van der Waals surface area contributed by atoms with Crippen LogP contribution in [0.1, 0.15) is 22.3 Å². The number of methoxy groups -OCH3 is 1. The lowest BCUT2D eigenvalue weighted by molar-refractivity contribution is -0.137. The average molecular weight is 351 g/mol. The van der Waals surface area contributed by atoms with Crippen molar-refractivity contribution in [1.29, 1.82) is 0 Å². The van der Waals surface area contributed by atoms with E-state index in [1.165, 1.54) is 12.1 Å². The Morgan fingerprint density at radius 1 is 1.16 bits per heavy atom. The van der Waals surface area contributed by atoms with Gasteiger partial charge in [-0.2, -0.15) is 13.2 Å². The van der Waals surface area contributed by atoms with E-state index in [9.17, 15) is 18.0 Å². The fourth-order valence-electron chi connectivity index (χ4n) is 2.54. The number of carbonyl (C=O) groups is 1. The summed E-state index contributed by atoms with van der Waals surface area (Å²) in [5, 5.41) is 2.73. The number of aryl methyl sites for hydroxylation is 1. The topological polar surface area (TPSA) is 38.3 Å². The third kappa shape index (κ3) is 5.52. The number of nitrogens with one attached hydrogen (secondary N) is 1. The van der Waals surface area contributed by atoms with E-state index in [1.54, 1.807) is 7.11 Å². The summed E-state index contributed by atoms with van der Waals surface area (Å²) in [4.78, 5) is 12.0. The van der Waals surface area contributed by atoms with Gasteiger partial charge in [0, 0.05) is 6.54 Å². The molecule has 0 bridgehead atoms. The minimum absolute atomic E-state index is 0.0884. The van der Waals surface area contributed by atoms with Crippen LogP contribution < -0.4 is 10.1 Å². The van der Waals surface area contributed by atoms with E-state index < -0.39 is 11.7 Å². The third-order valence-corrected chi connectivity index (χ3v) is 3.77. The molecule has 0 spiro atoms. The van der Waals surface area contributed by atoms with Crippen LogP contribution in [0.2, 0.25) is 0 Å². The van der Waals surface area contributed by atoms with E-state index in [-0.39, 0.29) is 12.3 Å². The van der Waals surface area contributed by atoms with Gasteiger partial charge in [-0.3, -0.25) is 4.79 Å². The fourth-order valence-corrected chi connectivity index (χ4v) is 2.54. The van der Waals surface area contributed by atoms with E-state index in [1.807, 2.05) is 25.1 Å². The van der Waals surface area contributed by atoms with E-state index in [0.717, 1.165) is 29.0 Å². The van der Waals surface area contributed by atoms with Gasteiger partial charge in [0.1, 0.15) is 5.75 Å². The van der Waals surface area contributed by atoms with Crippen LogP contribution in [0, 0.1) is 6.92 Å². The maximum absolute atomic E-state index is 12.7. The summed E-state index contributed by atoms with van der Waals surface area (Å²) in [6, 6.07) is 10.6. The number of hydrogen-bond donors (Lipinski definition) is 1. The molecular formula is C19H20F3NO2. The molecule has 1 amide bonds. The lowest BCUT2D eigenvalue weighted by Gasteiger charge is -2.11. The highest BCUT2D eigenvalue weighted by Crippen LogP contribution is 2.29. The Balaban J connectivity index is 1.90. The Labute approximate surface area is 144 Å². The first-order chi connectivity index (χ1) is 11.8. The first-order valence-corrected chi connectivity index (χ1v) is 7.86. The molecule has 134 valence electrons. The highest BCUT2D eigenvalue weighted by molar-refractivity contribution is 5.78. The van der Waals surface area contributed by atoms with Gasteiger partial charge in [-0.1, -0.05) is 35.9 Å². The standard InChI is InChI=1S/C19H20F3NO2/c1-13-6-7-17(25-2)15(10-13)8-9-23-18(24)12-14-4-3-5-16(11-14)19(20,21)22/h3-7,10-11H,8-9,12H2,1-2H3,(H,23,24). The Hall–Kier alpha value is -2.50. The number of amides is 1. The van der Waals surface area contributed by atoms with Crippen molar-refractivity contribution in [2.45, 2.75) is 25.9 Å². The van der Waals surface area contributed by atoms with Crippen LogP contribution in [-0.4, -0.2) is 19.6 Å². The number of ether oxygens (including phenoxy) is 1. The lowest BCUT2D eigenvalue weighted by atomic mass is 10.1. The van der Waals surface area contributed by atoms with Crippen molar-refractivity contribution < 1.29 is 22.7 Å². The van der Waals surface area contributed by atoms with Gasteiger partial charge in [0.2, 0.25) is 5.91 Å². The average Bonchev–Trinajstić information content (AvgIpc) is 2.54. The van der Waals surface area contributed by atoms with Crippen molar-refractivity contribution in [3.8, 4) is 5.75 Å². The molecular weight excluding hydrogens is 331 g/mol. The van der Waals surface area contributed by atoms with Crippen LogP contribution in [-0.2, 0) is 23.8 Å². The van der Waals surface area contributed by atoms with E-state index in [4.69, 9.17) is 4.74 Å². The highest BCUT2D eigenvalue weighted by Gasteiger charge is 2.30. The SMILES string of the molecule is COc1ccc(C)cc1CCNC(=O)Cc1cccc(C(F)(F)F)c1. The Morgan fingerprint density at radius 3 is 2.60 bits per heavy atom. The maximum Gasteiger partial charge on any atom is 0.416 e. The molecule has 0 fully saturated rings. The number of rotatable bonds is 6. The molecule has 0 unspecified atom stereocenters. The number of benzene rings is 2. The number of halogens is 3. The van der Waals surface area contributed by atoms with E-state index in [2.05, 4.69) is 5.32 Å². The molecule has 2 aromatic carbocycles. The van der Waals surface area contributed by atoms with Crippen LogP contribution in [0.3, 0.4) is 0 Å². The summed E-state index contributed by atoms with van der Waals surface area (Å²) in [6.45, 7) is 2.35. The smallest absolute Gasteiger partial charge is 0.416 e. The van der Waals surface area contributed by atoms with Crippen LogP contribution in [0.5, 0.6) is 5.75 Å². The second-order valence-corrected chi connectivity index (χ2v) is 5.79. The van der Waals surface area contributed by atoms with E-state index in [0.29, 0.717) is 18.5 Å². The molecule has 0 saturated carbocycles.